The molecule has 1 heterocycles. The van der Waals surface area contributed by atoms with Crippen molar-refractivity contribution in [3.8, 4) is 0 Å². The number of carboxylic acids is 1. The van der Waals surface area contributed by atoms with Crippen LogP contribution in [0.5, 0.6) is 0 Å². The molecule has 0 saturated heterocycles. The van der Waals surface area contributed by atoms with Crippen molar-refractivity contribution in [2.45, 2.75) is 6.92 Å². The van der Waals surface area contributed by atoms with Gasteiger partial charge in [0.2, 0.25) is 0 Å². The van der Waals surface area contributed by atoms with Crippen molar-refractivity contribution in [3.63, 3.8) is 0 Å². The molecule has 0 unspecified atom stereocenters. The molecule has 0 bridgehead atoms. The molecule has 2 N–H and O–H groups in total. The average Bonchev–Trinajstić information content (AvgIpc) is 2.66. The van der Waals surface area contributed by atoms with Gasteiger partial charge in [-0.2, -0.15) is 0 Å². The number of fused-ring (bicyclic) bond motifs is 1. The summed E-state index contributed by atoms with van der Waals surface area (Å²) in [6.07, 6.45) is 0. The molecule has 0 spiro atoms. The van der Waals surface area contributed by atoms with Crippen LogP contribution in [0.25, 0.3) is 11.0 Å². The highest BCUT2D eigenvalue weighted by molar-refractivity contribution is 5.98. The minimum absolute atomic E-state index is 0.0500. The number of benzene rings is 1. The Kier molecular flexibility index (Phi) is 3.48. The molecule has 100 valence electrons. The van der Waals surface area contributed by atoms with Gasteiger partial charge < -0.3 is 9.52 Å². The molecule has 2 rings (SSSR count). The fourth-order valence-electron chi connectivity index (χ4n) is 1.62. The van der Waals surface area contributed by atoms with Gasteiger partial charge in [-0.1, -0.05) is 0 Å². The molecule has 1 aromatic carbocycles. The summed E-state index contributed by atoms with van der Waals surface area (Å²) in [5, 5.41) is 8.83. The van der Waals surface area contributed by atoms with Crippen molar-refractivity contribution < 1.29 is 28.3 Å². The Bertz CT molecular complexity index is 649. The van der Waals surface area contributed by atoms with Crippen LogP contribution in [0, 0.1) is 12.7 Å². The smallest absolute Gasteiger partial charge is 0.332 e. The van der Waals surface area contributed by atoms with Gasteiger partial charge in [-0.15, -0.1) is 0 Å². The van der Waals surface area contributed by atoms with E-state index < -0.39 is 24.3 Å². The summed E-state index contributed by atoms with van der Waals surface area (Å²) < 4.78 is 18.4. The normalized spacial score (nSPS) is 10.6. The minimum Gasteiger partial charge on any atom is -0.479 e. The van der Waals surface area contributed by atoms with Gasteiger partial charge >= 0.3 is 11.9 Å². The van der Waals surface area contributed by atoms with E-state index in [1.165, 1.54) is 18.2 Å². The summed E-state index contributed by atoms with van der Waals surface area (Å²) in [5.41, 5.74) is 2.75. The number of hydroxylamine groups is 1. The van der Waals surface area contributed by atoms with Crippen LogP contribution < -0.4 is 5.48 Å². The first-order valence-electron chi connectivity index (χ1n) is 5.31. The number of carboxylic acid groups (broad SMARTS) is 1. The Morgan fingerprint density at radius 3 is 2.89 bits per heavy atom. The minimum atomic E-state index is -1.22. The lowest BCUT2D eigenvalue weighted by Crippen LogP contribution is -2.26. The van der Waals surface area contributed by atoms with E-state index in [9.17, 15) is 14.0 Å². The fraction of sp³-hybridized carbons (Fsp3) is 0.167. The molecule has 1 amide bonds. The zero-order chi connectivity index (χ0) is 14.0. The molecular weight excluding hydrogens is 257 g/mol. The van der Waals surface area contributed by atoms with Gasteiger partial charge in [0.05, 0.1) is 0 Å². The van der Waals surface area contributed by atoms with Crippen molar-refractivity contribution in [1.82, 2.24) is 5.48 Å². The van der Waals surface area contributed by atoms with Crippen LogP contribution in [0.4, 0.5) is 4.39 Å². The SMILES string of the molecule is Cc1c(C(=O)NOCC(=O)O)oc2ccc(F)cc12. The third-order valence-corrected chi connectivity index (χ3v) is 2.46. The first-order chi connectivity index (χ1) is 8.99. The second-order valence-electron chi connectivity index (χ2n) is 3.81. The first-order valence-corrected chi connectivity index (χ1v) is 5.31. The van der Waals surface area contributed by atoms with Crippen LogP contribution in [-0.2, 0) is 9.63 Å². The van der Waals surface area contributed by atoms with E-state index in [2.05, 4.69) is 4.84 Å². The molecule has 0 fully saturated rings. The molecular formula is C12H10FNO5. The maximum atomic E-state index is 13.1. The third-order valence-electron chi connectivity index (χ3n) is 2.46. The highest BCUT2D eigenvalue weighted by Gasteiger charge is 2.18. The van der Waals surface area contributed by atoms with E-state index in [0.717, 1.165) is 0 Å². The van der Waals surface area contributed by atoms with Gasteiger partial charge in [-0.25, -0.2) is 14.7 Å². The number of rotatable bonds is 4. The molecule has 0 atom stereocenters. The average molecular weight is 267 g/mol. The number of furan rings is 1. The maximum absolute atomic E-state index is 13.1. The molecule has 0 saturated carbocycles. The number of carbonyl (C=O) groups excluding carboxylic acids is 1. The van der Waals surface area contributed by atoms with Crippen molar-refractivity contribution in [1.29, 1.82) is 0 Å². The van der Waals surface area contributed by atoms with E-state index in [1.807, 2.05) is 5.48 Å². The standard InChI is InChI=1S/C12H10FNO5/c1-6-8-4-7(13)2-3-9(8)19-11(6)12(17)14-18-5-10(15)16/h2-4H,5H2,1H3,(H,14,17)(H,15,16). The van der Waals surface area contributed by atoms with E-state index in [-0.39, 0.29) is 5.76 Å². The topological polar surface area (TPSA) is 88.8 Å². The second kappa shape index (κ2) is 5.07. The molecule has 0 aliphatic rings. The van der Waals surface area contributed by atoms with Crippen LogP contribution in [0.3, 0.4) is 0 Å². The Hall–Kier alpha value is -2.41. The molecule has 0 radical (unpaired) electrons. The van der Waals surface area contributed by atoms with E-state index in [4.69, 9.17) is 9.52 Å². The maximum Gasteiger partial charge on any atom is 0.332 e. The van der Waals surface area contributed by atoms with Gasteiger partial charge in [0.15, 0.2) is 12.4 Å². The van der Waals surface area contributed by atoms with Gasteiger partial charge in [-0.05, 0) is 25.1 Å². The molecule has 0 aliphatic carbocycles. The zero-order valence-electron chi connectivity index (χ0n) is 9.90. The molecule has 19 heavy (non-hydrogen) atoms. The van der Waals surface area contributed by atoms with Crippen LogP contribution in [0.15, 0.2) is 22.6 Å². The van der Waals surface area contributed by atoms with Crippen molar-refractivity contribution >= 4 is 22.8 Å². The summed E-state index contributed by atoms with van der Waals surface area (Å²) in [4.78, 5) is 26.4. The number of halogens is 1. The van der Waals surface area contributed by atoms with E-state index >= 15 is 0 Å². The molecule has 7 heteroatoms. The fourth-order valence-corrected chi connectivity index (χ4v) is 1.62. The highest BCUT2D eigenvalue weighted by atomic mass is 19.1. The predicted molar refractivity (Wildman–Crippen MR) is 62.0 cm³/mol. The largest absolute Gasteiger partial charge is 0.479 e. The predicted octanol–water partition coefficient (Wildman–Crippen LogP) is 1.63. The first kappa shape index (κ1) is 13.0. The Labute approximate surface area is 106 Å². The summed E-state index contributed by atoms with van der Waals surface area (Å²) in [6.45, 7) is 0.928. The molecule has 2 aromatic rings. The van der Waals surface area contributed by atoms with Gasteiger partial charge in [-0.3, -0.25) is 9.63 Å². The lowest BCUT2D eigenvalue weighted by Gasteiger charge is -2.01. The zero-order valence-corrected chi connectivity index (χ0v) is 9.90. The lowest BCUT2D eigenvalue weighted by molar-refractivity contribution is -0.144. The number of aryl methyl sites for hydroxylation is 1. The number of carbonyl (C=O) groups is 2. The van der Waals surface area contributed by atoms with Crippen LogP contribution in [0.2, 0.25) is 0 Å². The van der Waals surface area contributed by atoms with Gasteiger partial charge in [0.25, 0.3) is 0 Å². The van der Waals surface area contributed by atoms with Crippen LogP contribution in [-0.4, -0.2) is 23.6 Å². The third kappa shape index (κ3) is 2.71. The Morgan fingerprint density at radius 1 is 1.47 bits per heavy atom. The van der Waals surface area contributed by atoms with Gasteiger partial charge in [0.1, 0.15) is 11.4 Å². The van der Waals surface area contributed by atoms with Crippen LogP contribution >= 0.6 is 0 Å². The van der Waals surface area contributed by atoms with Gasteiger partial charge in [0, 0.05) is 10.9 Å². The highest BCUT2D eigenvalue weighted by Crippen LogP contribution is 2.25. The summed E-state index contributed by atoms with van der Waals surface area (Å²) >= 11 is 0. The quantitative estimate of drug-likeness (QED) is 0.822. The number of hydrogen-bond acceptors (Lipinski definition) is 4. The van der Waals surface area contributed by atoms with Crippen molar-refractivity contribution in [2.24, 2.45) is 0 Å². The van der Waals surface area contributed by atoms with E-state index in [1.54, 1.807) is 6.92 Å². The molecule has 0 aliphatic heterocycles. The van der Waals surface area contributed by atoms with Crippen molar-refractivity contribution in [3.05, 3.63) is 35.3 Å². The molecule has 6 nitrogen and oxygen atoms in total. The number of amides is 1. The Morgan fingerprint density at radius 2 is 2.21 bits per heavy atom. The number of nitrogens with one attached hydrogen (secondary N) is 1. The summed E-state index contributed by atoms with van der Waals surface area (Å²) in [7, 11) is 0. The van der Waals surface area contributed by atoms with Crippen molar-refractivity contribution in [2.75, 3.05) is 6.61 Å². The second-order valence-corrected chi connectivity index (χ2v) is 3.81. The summed E-state index contributed by atoms with van der Waals surface area (Å²) in [5.74, 6) is -2.43. The number of aliphatic carboxylic acids is 1. The van der Waals surface area contributed by atoms with E-state index in [0.29, 0.717) is 16.5 Å². The van der Waals surface area contributed by atoms with Crippen LogP contribution in [0.1, 0.15) is 16.1 Å². The Balaban J connectivity index is 2.22. The molecule has 1 aromatic heterocycles. The lowest BCUT2D eigenvalue weighted by atomic mass is 10.1. The summed E-state index contributed by atoms with van der Waals surface area (Å²) in [6, 6.07) is 3.88. The monoisotopic (exact) mass is 267 g/mol. The number of hydrogen-bond donors (Lipinski definition) is 2.